The summed E-state index contributed by atoms with van der Waals surface area (Å²) in [6.07, 6.45) is 2.97. The van der Waals surface area contributed by atoms with Gasteiger partial charge in [-0.15, -0.1) is 0 Å². The van der Waals surface area contributed by atoms with Gasteiger partial charge >= 0.3 is 0 Å². The highest BCUT2D eigenvalue weighted by atomic mass is 14.7. The van der Waals surface area contributed by atoms with E-state index in [1.54, 1.807) is 0 Å². The van der Waals surface area contributed by atoms with Gasteiger partial charge in [0.05, 0.1) is 11.4 Å². The minimum Gasteiger partial charge on any atom is -0.397 e. The maximum atomic E-state index is 5.29. The number of allylic oxidation sites excluding steroid dienone is 2. The first-order chi connectivity index (χ1) is 4.72. The van der Waals surface area contributed by atoms with E-state index >= 15 is 0 Å². The van der Waals surface area contributed by atoms with Gasteiger partial charge < -0.3 is 11.5 Å². The average Bonchev–Trinajstić information content (AvgIpc) is 2.05. The van der Waals surface area contributed by atoms with Crippen LogP contribution >= 0.6 is 0 Å². The predicted octanol–water partition coefficient (Wildman–Crippen LogP) is 1.51. The van der Waals surface area contributed by atoms with Gasteiger partial charge in [0.2, 0.25) is 0 Å². The molecule has 0 aromatic heterocycles. The Morgan fingerprint density at radius 1 is 1.00 bits per heavy atom. The molecule has 0 saturated carbocycles. The molecule has 0 heterocycles. The van der Waals surface area contributed by atoms with E-state index in [9.17, 15) is 0 Å². The maximum absolute atomic E-state index is 5.29. The third-order valence-corrected chi connectivity index (χ3v) is 0.773. The second-order valence-corrected chi connectivity index (χ2v) is 1.32. The predicted molar refractivity (Wildman–Crippen MR) is 47.1 cm³/mol. The van der Waals surface area contributed by atoms with Crippen molar-refractivity contribution in [3.63, 3.8) is 0 Å². The van der Waals surface area contributed by atoms with Crippen molar-refractivity contribution in [1.82, 2.24) is 0 Å². The van der Waals surface area contributed by atoms with E-state index in [1.807, 2.05) is 13.8 Å². The third-order valence-electron chi connectivity index (χ3n) is 0.773. The fourth-order valence-corrected chi connectivity index (χ4v) is 0.236. The highest BCUT2D eigenvalue weighted by molar-refractivity contribution is 5.25. The summed E-state index contributed by atoms with van der Waals surface area (Å²) in [6, 6.07) is 0. The Balaban J connectivity index is 0. The van der Waals surface area contributed by atoms with Gasteiger partial charge in [0.1, 0.15) is 0 Å². The van der Waals surface area contributed by atoms with Crippen LogP contribution in [0.5, 0.6) is 0 Å². The van der Waals surface area contributed by atoms with Gasteiger partial charge in [0.15, 0.2) is 0 Å². The van der Waals surface area contributed by atoms with E-state index in [1.165, 1.54) is 12.2 Å². The Morgan fingerprint density at radius 3 is 1.30 bits per heavy atom. The van der Waals surface area contributed by atoms with Crippen LogP contribution in [0.1, 0.15) is 13.8 Å². The number of rotatable bonds is 2. The Hall–Kier alpha value is -1.18. The molecular formula is C8H16N2. The molecule has 4 N–H and O–H groups in total. The van der Waals surface area contributed by atoms with Gasteiger partial charge in [0.25, 0.3) is 0 Å². The van der Waals surface area contributed by atoms with Crippen LogP contribution in [0, 0.1) is 0 Å². The summed E-state index contributed by atoms with van der Waals surface area (Å²) >= 11 is 0. The topological polar surface area (TPSA) is 52.0 Å². The Kier molecular flexibility index (Phi) is 9.07. The minimum atomic E-state index is 0.472. The van der Waals surface area contributed by atoms with E-state index in [0.717, 1.165) is 0 Å². The molecule has 10 heavy (non-hydrogen) atoms. The molecular weight excluding hydrogens is 124 g/mol. The summed E-state index contributed by atoms with van der Waals surface area (Å²) in [5.74, 6) is 0. The summed E-state index contributed by atoms with van der Waals surface area (Å²) in [4.78, 5) is 0. The smallest absolute Gasteiger partial charge is 0.0541 e. The zero-order valence-electron chi connectivity index (χ0n) is 6.72. The first kappa shape index (κ1) is 11.6. The second-order valence-electron chi connectivity index (χ2n) is 1.32. The quantitative estimate of drug-likeness (QED) is 0.571. The Labute approximate surface area is 62.9 Å². The first-order valence-corrected chi connectivity index (χ1v) is 3.22. The van der Waals surface area contributed by atoms with Gasteiger partial charge in [0, 0.05) is 0 Å². The summed E-state index contributed by atoms with van der Waals surface area (Å²) in [6.45, 7) is 10.8. The van der Waals surface area contributed by atoms with Gasteiger partial charge in [-0.05, 0) is 12.2 Å². The van der Waals surface area contributed by atoms with Crippen molar-refractivity contribution < 1.29 is 0 Å². The van der Waals surface area contributed by atoms with Crippen LogP contribution in [0.15, 0.2) is 36.7 Å². The van der Waals surface area contributed by atoms with Gasteiger partial charge in [-0.25, -0.2) is 0 Å². The Bertz CT molecular complexity index is 118. The van der Waals surface area contributed by atoms with Crippen molar-refractivity contribution in [2.75, 3.05) is 0 Å². The molecule has 0 radical (unpaired) electrons. The van der Waals surface area contributed by atoms with Crippen molar-refractivity contribution in [1.29, 1.82) is 0 Å². The third kappa shape index (κ3) is 4.97. The van der Waals surface area contributed by atoms with E-state index in [0.29, 0.717) is 11.4 Å². The largest absolute Gasteiger partial charge is 0.397 e. The van der Waals surface area contributed by atoms with Gasteiger partial charge in [-0.3, -0.25) is 0 Å². The lowest BCUT2D eigenvalue weighted by Gasteiger charge is -1.93. The van der Waals surface area contributed by atoms with Crippen molar-refractivity contribution in [3.05, 3.63) is 36.7 Å². The van der Waals surface area contributed by atoms with Crippen LogP contribution < -0.4 is 11.5 Å². The molecule has 0 rings (SSSR count). The van der Waals surface area contributed by atoms with Crippen molar-refractivity contribution in [3.8, 4) is 0 Å². The zero-order valence-corrected chi connectivity index (χ0v) is 6.72. The standard InChI is InChI=1S/C6H10N2.C2H6/c1-3-5(7)6(8)4-2;1-2/h3-4H,1-2,7-8H2;1-2H3/b6-5-;. The lowest BCUT2D eigenvalue weighted by Crippen LogP contribution is -2.04. The molecule has 0 aliphatic carbocycles. The molecule has 2 heteroatoms. The number of hydrogen-bond acceptors (Lipinski definition) is 2. The van der Waals surface area contributed by atoms with Crippen LogP contribution in [0.3, 0.4) is 0 Å². The molecule has 0 atom stereocenters. The molecule has 58 valence electrons. The zero-order chi connectivity index (χ0) is 8.57. The Morgan fingerprint density at radius 2 is 1.20 bits per heavy atom. The minimum absolute atomic E-state index is 0.472. The number of nitrogens with two attached hydrogens (primary N) is 2. The SMILES string of the molecule is C=C/C(N)=C(/N)C=C.CC. The summed E-state index contributed by atoms with van der Waals surface area (Å²) in [7, 11) is 0. The maximum Gasteiger partial charge on any atom is 0.0541 e. The van der Waals surface area contributed by atoms with Crippen LogP contribution in [0.2, 0.25) is 0 Å². The molecule has 0 amide bonds. The van der Waals surface area contributed by atoms with Crippen molar-refractivity contribution in [2.24, 2.45) is 11.5 Å². The van der Waals surface area contributed by atoms with Gasteiger partial charge in [-0.1, -0.05) is 27.0 Å². The van der Waals surface area contributed by atoms with Crippen LogP contribution in [-0.2, 0) is 0 Å². The lowest BCUT2D eigenvalue weighted by atomic mass is 10.3. The molecule has 0 aromatic rings. The van der Waals surface area contributed by atoms with E-state index in [-0.39, 0.29) is 0 Å². The molecule has 0 saturated heterocycles. The second kappa shape index (κ2) is 7.82. The average molecular weight is 140 g/mol. The van der Waals surface area contributed by atoms with Crippen molar-refractivity contribution in [2.45, 2.75) is 13.8 Å². The molecule has 0 spiro atoms. The molecule has 0 bridgehead atoms. The molecule has 0 aliphatic rings. The van der Waals surface area contributed by atoms with E-state index in [2.05, 4.69) is 13.2 Å². The highest BCUT2D eigenvalue weighted by Gasteiger charge is 1.83. The van der Waals surface area contributed by atoms with Crippen LogP contribution in [-0.4, -0.2) is 0 Å². The summed E-state index contributed by atoms with van der Waals surface area (Å²) in [5, 5.41) is 0. The lowest BCUT2D eigenvalue weighted by molar-refractivity contribution is 1.29. The van der Waals surface area contributed by atoms with Crippen LogP contribution in [0.4, 0.5) is 0 Å². The molecule has 0 aliphatic heterocycles. The van der Waals surface area contributed by atoms with Crippen LogP contribution in [0.25, 0.3) is 0 Å². The normalized spacial score (nSPS) is 10.2. The van der Waals surface area contributed by atoms with E-state index < -0.39 is 0 Å². The first-order valence-electron chi connectivity index (χ1n) is 3.22. The molecule has 0 unspecified atom stereocenters. The number of hydrogen-bond donors (Lipinski definition) is 2. The monoisotopic (exact) mass is 140 g/mol. The van der Waals surface area contributed by atoms with Crippen molar-refractivity contribution >= 4 is 0 Å². The molecule has 2 nitrogen and oxygen atoms in total. The molecule has 0 fully saturated rings. The fourth-order valence-electron chi connectivity index (χ4n) is 0.236. The summed E-state index contributed by atoms with van der Waals surface area (Å²) in [5.41, 5.74) is 11.5. The fraction of sp³-hybridized carbons (Fsp3) is 0.250. The van der Waals surface area contributed by atoms with Gasteiger partial charge in [-0.2, -0.15) is 0 Å². The molecule has 0 aromatic carbocycles. The highest BCUT2D eigenvalue weighted by Crippen LogP contribution is 1.90. The van der Waals surface area contributed by atoms with E-state index in [4.69, 9.17) is 11.5 Å². The summed E-state index contributed by atoms with van der Waals surface area (Å²) < 4.78 is 0.